The number of ether oxygens (including phenoxy) is 1. The zero-order chi connectivity index (χ0) is 19.4. The molecule has 2 rings (SSSR count). The largest absolute Gasteiger partial charge is 0.496 e. The Morgan fingerprint density at radius 1 is 1.08 bits per heavy atom. The van der Waals surface area contributed by atoms with E-state index in [0.717, 1.165) is 24.3 Å². The van der Waals surface area contributed by atoms with Crippen LogP contribution in [0, 0.1) is 20.2 Å². The summed E-state index contributed by atoms with van der Waals surface area (Å²) in [5.74, 6) is -2.56. The normalized spacial score (nSPS) is 10.0. The van der Waals surface area contributed by atoms with Gasteiger partial charge in [-0.05, 0) is 18.2 Å². The number of nitrogens with zero attached hydrogens (tertiary/aromatic N) is 2. The smallest absolute Gasteiger partial charge is 0.336 e. The molecule has 0 radical (unpaired) electrons. The van der Waals surface area contributed by atoms with Gasteiger partial charge in [0.25, 0.3) is 17.3 Å². The second-order valence-corrected chi connectivity index (χ2v) is 4.86. The maximum atomic E-state index is 12.5. The lowest BCUT2D eigenvalue weighted by molar-refractivity contribution is -0.385. The number of carbonyl (C=O) groups excluding carboxylic acids is 1. The molecule has 2 N–H and O–H groups in total. The summed E-state index contributed by atoms with van der Waals surface area (Å²) in [4.78, 5) is 44.3. The van der Waals surface area contributed by atoms with E-state index in [1.807, 2.05) is 0 Å². The van der Waals surface area contributed by atoms with Gasteiger partial charge in [-0.15, -0.1) is 0 Å². The number of hydrogen-bond acceptors (Lipinski definition) is 7. The summed E-state index contributed by atoms with van der Waals surface area (Å²) in [6, 6.07) is 6.65. The van der Waals surface area contributed by atoms with Gasteiger partial charge in [-0.1, -0.05) is 6.07 Å². The molecular weight excluding hydrogens is 350 g/mol. The molecule has 134 valence electrons. The van der Waals surface area contributed by atoms with E-state index in [-0.39, 0.29) is 11.4 Å². The Bertz CT molecular complexity index is 893. The molecule has 0 saturated heterocycles. The number of carboxylic acid groups (broad SMARTS) is 1. The summed E-state index contributed by atoms with van der Waals surface area (Å²) in [6.45, 7) is 0. The first kappa shape index (κ1) is 18.3. The molecule has 0 atom stereocenters. The van der Waals surface area contributed by atoms with Gasteiger partial charge in [0.2, 0.25) is 0 Å². The van der Waals surface area contributed by atoms with Gasteiger partial charge in [0.15, 0.2) is 0 Å². The number of methoxy groups -OCH3 is 1. The van der Waals surface area contributed by atoms with Gasteiger partial charge in [-0.3, -0.25) is 25.0 Å². The van der Waals surface area contributed by atoms with E-state index in [9.17, 15) is 34.9 Å². The van der Waals surface area contributed by atoms with Gasteiger partial charge in [0, 0.05) is 6.07 Å². The van der Waals surface area contributed by atoms with Crippen molar-refractivity contribution in [1.29, 1.82) is 0 Å². The zero-order valence-corrected chi connectivity index (χ0v) is 13.2. The van der Waals surface area contributed by atoms with E-state index >= 15 is 0 Å². The molecule has 0 aliphatic carbocycles. The predicted octanol–water partition coefficient (Wildman–Crippen LogP) is 2.46. The number of amides is 1. The Labute approximate surface area is 145 Å². The Morgan fingerprint density at radius 2 is 1.73 bits per heavy atom. The molecule has 11 nitrogen and oxygen atoms in total. The molecule has 11 heteroatoms. The first-order chi connectivity index (χ1) is 12.3. The first-order valence-corrected chi connectivity index (χ1v) is 6.90. The predicted molar refractivity (Wildman–Crippen MR) is 87.7 cm³/mol. The van der Waals surface area contributed by atoms with Gasteiger partial charge < -0.3 is 15.2 Å². The Balaban J connectivity index is 2.54. The van der Waals surface area contributed by atoms with Crippen LogP contribution in [0.15, 0.2) is 36.4 Å². The second kappa shape index (κ2) is 7.25. The minimum absolute atomic E-state index is 0.159. The molecule has 0 heterocycles. The highest BCUT2D eigenvalue weighted by atomic mass is 16.6. The van der Waals surface area contributed by atoms with Crippen LogP contribution in [-0.4, -0.2) is 33.9 Å². The van der Waals surface area contributed by atoms with Gasteiger partial charge in [-0.25, -0.2) is 4.79 Å². The lowest BCUT2D eigenvalue weighted by Crippen LogP contribution is -2.19. The van der Waals surface area contributed by atoms with Gasteiger partial charge >= 0.3 is 5.97 Å². The van der Waals surface area contributed by atoms with Crippen molar-refractivity contribution >= 4 is 28.9 Å². The Hall–Kier alpha value is -4.02. The number of nitrogens with one attached hydrogen (secondary N) is 1. The van der Waals surface area contributed by atoms with Crippen LogP contribution in [-0.2, 0) is 0 Å². The van der Waals surface area contributed by atoms with E-state index in [2.05, 4.69) is 5.32 Å². The summed E-state index contributed by atoms with van der Waals surface area (Å²) in [6.07, 6.45) is 0. The van der Waals surface area contributed by atoms with Crippen molar-refractivity contribution in [1.82, 2.24) is 0 Å². The highest BCUT2D eigenvalue weighted by molar-refractivity contribution is 6.13. The number of rotatable bonds is 6. The lowest BCUT2D eigenvalue weighted by Gasteiger charge is -2.09. The van der Waals surface area contributed by atoms with Crippen molar-refractivity contribution in [2.24, 2.45) is 0 Å². The monoisotopic (exact) mass is 361 g/mol. The van der Waals surface area contributed by atoms with Crippen LogP contribution < -0.4 is 10.1 Å². The van der Waals surface area contributed by atoms with E-state index in [0.29, 0.717) is 0 Å². The molecule has 26 heavy (non-hydrogen) atoms. The molecule has 0 bridgehead atoms. The molecule has 0 fully saturated rings. The third-order valence-electron chi connectivity index (χ3n) is 3.35. The fraction of sp³-hybridized carbons (Fsp3) is 0.0667. The maximum Gasteiger partial charge on any atom is 0.336 e. The first-order valence-electron chi connectivity index (χ1n) is 6.90. The molecule has 2 aromatic carbocycles. The van der Waals surface area contributed by atoms with Crippen molar-refractivity contribution in [2.45, 2.75) is 0 Å². The van der Waals surface area contributed by atoms with Crippen LogP contribution in [0.25, 0.3) is 0 Å². The number of benzene rings is 2. The minimum Gasteiger partial charge on any atom is -0.496 e. The zero-order valence-electron chi connectivity index (χ0n) is 13.2. The van der Waals surface area contributed by atoms with Gasteiger partial charge in [0.1, 0.15) is 17.0 Å². The van der Waals surface area contributed by atoms with E-state index in [4.69, 9.17) is 4.74 Å². The van der Waals surface area contributed by atoms with Gasteiger partial charge in [-0.2, -0.15) is 0 Å². The Morgan fingerprint density at radius 3 is 2.27 bits per heavy atom. The summed E-state index contributed by atoms with van der Waals surface area (Å²) >= 11 is 0. The van der Waals surface area contributed by atoms with Crippen LogP contribution in [0.4, 0.5) is 17.1 Å². The molecular formula is C15H11N3O8. The van der Waals surface area contributed by atoms with Crippen LogP contribution in [0.1, 0.15) is 20.7 Å². The van der Waals surface area contributed by atoms with Crippen molar-refractivity contribution < 1.29 is 29.3 Å². The highest BCUT2D eigenvalue weighted by Crippen LogP contribution is 2.31. The summed E-state index contributed by atoms with van der Waals surface area (Å²) < 4.78 is 4.87. The van der Waals surface area contributed by atoms with E-state index in [1.165, 1.54) is 19.2 Å². The molecule has 1 amide bonds. The number of anilines is 1. The third-order valence-corrected chi connectivity index (χ3v) is 3.35. The van der Waals surface area contributed by atoms with Crippen molar-refractivity contribution in [2.75, 3.05) is 12.4 Å². The molecule has 2 aromatic rings. The second-order valence-electron chi connectivity index (χ2n) is 4.86. The molecule has 0 aliphatic rings. The third kappa shape index (κ3) is 3.56. The Kier molecular flexibility index (Phi) is 5.11. The number of aromatic carboxylic acids is 1. The van der Waals surface area contributed by atoms with Crippen molar-refractivity contribution in [3.05, 3.63) is 67.8 Å². The molecule has 0 spiro atoms. The molecule has 0 saturated carbocycles. The maximum absolute atomic E-state index is 12.5. The quantitative estimate of drug-likeness (QED) is 0.585. The standard InChI is InChI=1S/C15H11N3O8/c1-26-8-5-6-10(12(7-8)18(24)25)16-14(19)13-9(15(20)21)3-2-4-11(13)17(22)23/h2-7H,1H3,(H,16,19)(H,20,21). The average molecular weight is 361 g/mol. The lowest BCUT2D eigenvalue weighted by atomic mass is 10.0. The number of carbonyl (C=O) groups is 2. The number of nitro benzene ring substituents is 2. The molecule has 0 aliphatic heterocycles. The molecule has 0 unspecified atom stereocenters. The SMILES string of the molecule is COc1ccc(NC(=O)c2c(C(=O)O)cccc2[N+](=O)[O-])c([N+](=O)[O-])c1. The summed E-state index contributed by atoms with van der Waals surface area (Å²) in [5, 5.41) is 33.6. The topological polar surface area (TPSA) is 162 Å². The molecule has 0 aromatic heterocycles. The fourth-order valence-corrected chi connectivity index (χ4v) is 2.19. The number of carboxylic acids is 1. The van der Waals surface area contributed by atoms with Crippen LogP contribution in [0.5, 0.6) is 5.75 Å². The minimum atomic E-state index is -1.55. The summed E-state index contributed by atoms with van der Waals surface area (Å²) in [7, 11) is 1.30. The van der Waals surface area contributed by atoms with Crippen LogP contribution in [0.2, 0.25) is 0 Å². The highest BCUT2D eigenvalue weighted by Gasteiger charge is 2.28. The van der Waals surface area contributed by atoms with Crippen LogP contribution in [0.3, 0.4) is 0 Å². The number of nitro groups is 2. The average Bonchev–Trinajstić information content (AvgIpc) is 2.60. The van der Waals surface area contributed by atoms with Crippen LogP contribution >= 0.6 is 0 Å². The number of hydrogen-bond donors (Lipinski definition) is 2. The van der Waals surface area contributed by atoms with E-state index < -0.39 is 44.2 Å². The summed E-state index contributed by atoms with van der Waals surface area (Å²) in [5.41, 5.74) is -2.84. The van der Waals surface area contributed by atoms with E-state index in [1.54, 1.807) is 0 Å². The fourth-order valence-electron chi connectivity index (χ4n) is 2.19. The van der Waals surface area contributed by atoms with Gasteiger partial charge in [0.05, 0.1) is 28.6 Å². The van der Waals surface area contributed by atoms with Crippen molar-refractivity contribution in [3.63, 3.8) is 0 Å². The van der Waals surface area contributed by atoms with Crippen molar-refractivity contribution in [3.8, 4) is 5.75 Å².